The fourth-order valence-electron chi connectivity index (χ4n) is 5.95. The molecule has 3 aliphatic rings. The largest absolute Gasteiger partial charge is 0.379 e. The number of aromatic nitrogens is 1. The van der Waals surface area contributed by atoms with E-state index < -0.39 is 0 Å². The summed E-state index contributed by atoms with van der Waals surface area (Å²) < 4.78 is 11.1. The fourth-order valence-corrected chi connectivity index (χ4v) is 5.95. The molecule has 0 aliphatic carbocycles. The van der Waals surface area contributed by atoms with E-state index in [4.69, 9.17) is 9.26 Å². The first-order valence-electron chi connectivity index (χ1n) is 13.5. The molecule has 1 aromatic heterocycles. The zero-order chi connectivity index (χ0) is 23.9. The molecular weight excluding hydrogens is 440 g/mol. The van der Waals surface area contributed by atoms with Gasteiger partial charge in [0.2, 0.25) is 5.91 Å². The van der Waals surface area contributed by atoms with E-state index in [2.05, 4.69) is 56.7 Å². The Morgan fingerprint density at radius 2 is 1.80 bits per heavy atom. The highest BCUT2D eigenvalue weighted by molar-refractivity contribution is 5.76. The number of ether oxygens (including phenoxy) is 1. The van der Waals surface area contributed by atoms with E-state index >= 15 is 0 Å². The van der Waals surface area contributed by atoms with E-state index in [9.17, 15) is 4.79 Å². The molecule has 1 aromatic carbocycles. The number of hydrogen-bond donors (Lipinski definition) is 1. The summed E-state index contributed by atoms with van der Waals surface area (Å²) in [6, 6.07) is 12.9. The summed E-state index contributed by atoms with van der Waals surface area (Å²) in [7, 11) is 0. The van der Waals surface area contributed by atoms with Crippen LogP contribution < -0.4 is 5.32 Å². The van der Waals surface area contributed by atoms with Gasteiger partial charge in [-0.15, -0.1) is 0 Å². The molecular formula is C28H40N4O3. The van der Waals surface area contributed by atoms with Crippen molar-refractivity contribution >= 4 is 5.91 Å². The fraction of sp³-hybridized carbons (Fsp3) is 0.643. The number of hydrogen-bond acceptors (Lipinski definition) is 6. The standard InChI is InChI=1S/C28H40N4O3/c33-28(32-10-7-23(8-11-32)16-22-4-2-1-3-5-22)18-24-6-9-29-20-25(24)17-26-19-27(35-30-26)21-31-12-14-34-15-13-31/h1-5,19,23-25,29H,6-18,20-21H2. The summed E-state index contributed by atoms with van der Waals surface area (Å²) in [4.78, 5) is 17.7. The highest BCUT2D eigenvalue weighted by Gasteiger charge is 2.31. The van der Waals surface area contributed by atoms with Crippen molar-refractivity contribution in [3.05, 3.63) is 53.4 Å². The van der Waals surface area contributed by atoms with Crippen molar-refractivity contribution in [3.8, 4) is 0 Å². The van der Waals surface area contributed by atoms with Gasteiger partial charge in [0, 0.05) is 38.7 Å². The SMILES string of the molecule is O=C(CC1CCNCC1Cc1cc(CN2CCOCC2)on1)N1CCC(Cc2ccccc2)CC1. The summed E-state index contributed by atoms with van der Waals surface area (Å²) in [6.07, 6.45) is 5.94. The van der Waals surface area contributed by atoms with Crippen LogP contribution in [0.5, 0.6) is 0 Å². The number of morpholine rings is 1. The van der Waals surface area contributed by atoms with Crippen LogP contribution in [0.15, 0.2) is 40.9 Å². The molecule has 35 heavy (non-hydrogen) atoms. The summed E-state index contributed by atoms with van der Waals surface area (Å²) in [5.41, 5.74) is 2.43. The monoisotopic (exact) mass is 480 g/mol. The third-order valence-electron chi connectivity index (χ3n) is 8.10. The molecule has 0 bridgehead atoms. The summed E-state index contributed by atoms with van der Waals surface area (Å²) in [5.74, 6) is 2.78. The third kappa shape index (κ3) is 6.93. The molecule has 2 aromatic rings. The van der Waals surface area contributed by atoms with Gasteiger partial charge in [-0.1, -0.05) is 35.5 Å². The van der Waals surface area contributed by atoms with Crippen molar-refractivity contribution in [2.75, 3.05) is 52.5 Å². The van der Waals surface area contributed by atoms with E-state index in [0.29, 0.717) is 30.1 Å². The normalized spacial score (nSPS) is 24.5. The van der Waals surface area contributed by atoms with Crippen LogP contribution in [0.25, 0.3) is 0 Å². The first kappa shape index (κ1) is 24.5. The number of piperidine rings is 2. The summed E-state index contributed by atoms with van der Waals surface area (Å²) in [5, 5.41) is 7.90. The topological polar surface area (TPSA) is 70.8 Å². The number of carbonyl (C=O) groups excluding carboxylic acids is 1. The molecule has 0 radical (unpaired) electrons. The van der Waals surface area contributed by atoms with E-state index in [1.807, 2.05) is 0 Å². The van der Waals surface area contributed by atoms with Gasteiger partial charge >= 0.3 is 0 Å². The van der Waals surface area contributed by atoms with Crippen LogP contribution >= 0.6 is 0 Å². The summed E-state index contributed by atoms with van der Waals surface area (Å²) >= 11 is 0. The van der Waals surface area contributed by atoms with E-state index in [0.717, 1.165) is 103 Å². The lowest BCUT2D eigenvalue weighted by Gasteiger charge is -2.36. The van der Waals surface area contributed by atoms with Crippen molar-refractivity contribution in [1.29, 1.82) is 0 Å². The first-order chi connectivity index (χ1) is 17.2. The van der Waals surface area contributed by atoms with E-state index in [1.165, 1.54) is 5.56 Å². The van der Waals surface area contributed by atoms with Gasteiger partial charge in [-0.3, -0.25) is 9.69 Å². The second-order valence-corrected chi connectivity index (χ2v) is 10.6. The van der Waals surface area contributed by atoms with Gasteiger partial charge in [-0.25, -0.2) is 0 Å². The van der Waals surface area contributed by atoms with Crippen molar-refractivity contribution in [1.82, 2.24) is 20.3 Å². The number of rotatable bonds is 8. The van der Waals surface area contributed by atoms with Crippen LogP contribution in [0.4, 0.5) is 0 Å². The van der Waals surface area contributed by atoms with E-state index in [-0.39, 0.29) is 0 Å². The van der Waals surface area contributed by atoms with Gasteiger partial charge < -0.3 is 19.5 Å². The average molecular weight is 481 g/mol. The second-order valence-electron chi connectivity index (χ2n) is 10.6. The van der Waals surface area contributed by atoms with Crippen LogP contribution in [-0.2, 0) is 28.9 Å². The third-order valence-corrected chi connectivity index (χ3v) is 8.10. The maximum absolute atomic E-state index is 13.2. The predicted molar refractivity (Wildman–Crippen MR) is 135 cm³/mol. The second kappa shape index (κ2) is 12.2. The Labute approximate surface area is 209 Å². The number of likely N-dealkylation sites (tertiary alicyclic amines) is 1. The molecule has 7 heteroatoms. The first-order valence-corrected chi connectivity index (χ1v) is 13.5. The minimum atomic E-state index is 0.341. The lowest BCUT2D eigenvalue weighted by Crippen LogP contribution is -2.43. The molecule has 0 saturated carbocycles. The van der Waals surface area contributed by atoms with Gasteiger partial charge in [0.05, 0.1) is 25.5 Å². The molecule has 3 aliphatic heterocycles. The van der Waals surface area contributed by atoms with Crippen molar-refractivity contribution in [2.45, 2.75) is 45.1 Å². The minimum Gasteiger partial charge on any atom is -0.379 e. The summed E-state index contributed by atoms with van der Waals surface area (Å²) in [6.45, 7) is 8.00. The number of amides is 1. The van der Waals surface area contributed by atoms with Crippen LogP contribution in [0.2, 0.25) is 0 Å². The Hall–Kier alpha value is -2.22. The molecule has 1 N–H and O–H groups in total. The number of carbonyl (C=O) groups is 1. The molecule has 3 saturated heterocycles. The maximum atomic E-state index is 13.2. The van der Waals surface area contributed by atoms with Gasteiger partial charge in [0.25, 0.3) is 0 Å². The molecule has 5 rings (SSSR count). The molecule has 1 amide bonds. The van der Waals surface area contributed by atoms with Crippen molar-refractivity contribution in [3.63, 3.8) is 0 Å². The Balaban J connectivity index is 1.09. The lowest BCUT2D eigenvalue weighted by molar-refractivity contribution is -0.134. The Kier molecular flexibility index (Phi) is 8.50. The zero-order valence-corrected chi connectivity index (χ0v) is 20.9. The number of nitrogens with one attached hydrogen (secondary N) is 1. The lowest BCUT2D eigenvalue weighted by atomic mass is 9.80. The predicted octanol–water partition coefficient (Wildman–Crippen LogP) is 3.15. The van der Waals surface area contributed by atoms with Crippen LogP contribution in [0.1, 0.15) is 42.7 Å². The van der Waals surface area contributed by atoms with Crippen molar-refractivity contribution < 1.29 is 14.1 Å². The van der Waals surface area contributed by atoms with Crippen LogP contribution in [0.3, 0.4) is 0 Å². The average Bonchev–Trinajstić information content (AvgIpc) is 3.33. The number of benzene rings is 1. The molecule has 2 atom stereocenters. The Bertz CT molecular complexity index is 919. The van der Waals surface area contributed by atoms with Crippen LogP contribution in [0, 0.1) is 17.8 Å². The van der Waals surface area contributed by atoms with Crippen LogP contribution in [-0.4, -0.2) is 73.3 Å². The molecule has 2 unspecified atom stereocenters. The Morgan fingerprint density at radius 1 is 1.00 bits per heavy atom. The zero-order valence-electron chi connectivity index (χ0n) is 20.9. The minimum absolute atomic E-state index is 0.341. The number of nitrogens with zero attached hydrogens (tertiary/aromatic N) is 3. The molecule has 0 spiro atoms. The highest BCUT2D eigenvalue weighted by atomic mass is 16.5. The highest BCUT2D eigenvalue weighted by Crippen LogP contribution is 2.29. The maximum Gasteiger partial charge on any atom is 0.222 e. The Morgan fingerprint density at radius 3 is 2.60 bits per heavy atom. The smallest absolute Gasteiger partial charge is 0.222 e. The quantitative estimate of drug-likeness (QED) is 0.626. The van der Waals surface area contributed by atoms with Crippen molar-refractivity contribution in [2.24, 2.45) is 17.8 Å². The van der Waals surface area contributed by atoms with Gasteiger partial charge in [0.15, 0.2) is 5.76 Å². The van der Waals surface area contributed by atoms with Gasteiger partial charge in [0.1, 0.15) is 0 Å². The van der Waals surface area contributed by atoms with Gasteiger partial charge in [-0.05, 0) is 68.5 Å². The molecule has 3 fully saturated rings. The molecule has 190 valence electrons. The van der Waals surface area contributed by atoms with E-state index in [1.54, 1.807) is 0 Å². The van der Waals surface area contributed by atoms with Gasteiger partial charge in [-0.2, -0.15) is 0 Å². The molecule has 7 nitrogen and oxygen atoms in total. The molecule has 4 heterocycles.